The fourth-order valence-electron chi connectivity index (χ4n) is 3.70. The van der Waals surface area contributed by atoms with Gasteiger partial charge >= 0.3 is 0 Å². The number of rotatable bonds is 6. The lowest BCUT2D eigenvalue weighted by Gasteiger charge is -2.18. The van der Waals surface area contributed by atoms with Crippen LogP contribution in [0.5, 0.6) is 5.75 Å². The molecular weight excluding hydrogens is 362 g/mol. The largest absolute Gasteiger partial charge is 0.497 e. The van der Waals surface area contributed by atoms with Crippen molar-refractivity contribution in [3.63, 3.8) is 0 Å². The summed E-state index contributed by atoms with van der Waals surface area (Å²) in [5, 5.41) is 15.6. The number of benzene rings is 1. The van der Waals surface area contributed by atoms with E-state index in [9.17, 15) is 10.1 Å². The molecule has 2 N–H and O–H groups in total. The molecule has 1 aromatic carbocycles. The van der Waals surface area contributed by atoms with Crippen molar-refractivity contribution in [2.75, 3.05) is 7.11 Å². The molecule has 0 heterocycles. The van der Waals surface area contributed by atoms with Crippen LogP contribution in [0.4, 0.5) is 0 Å². The van der Waals surface area contributed by atoms with Crippen LogP contribution in [0.3, 0.4) is 0 Å². The van der Waals surface area contributed by atoms with E-state index in [-0.39, 0.29) is 11.5 Å². The van der Waals surface area contributed by atoms with E-state index in [1.807, 2.05) is 30.3 Å². The summed E-state index contributed by atoms with van der Waals surface area (Å²) in [6.07, 6.45) is 15.5. The van der Waals surface area contributed by atoms with Gasteiger partial charge in [-0.2, -0.15) is 5.26 Å². The highest BCUT2D eigenvalue weighted by Crippen LogP contribution is 2.17. The summed E-state index contributed by atoms with van der Waals surface area (Å²) in [6, 6.07) is 9.88. The summed E-state index contributed by atoms with van der Waals surface area (Å²) in [6.45, 7) is 0.380. The predicted octanol–water partition coefficient (Wildman–Crippen LogP) is 4.98. The first-order valence-corrected chi connectivity index (χ1v) is 11.0. The van der Waals surface area contributed by atoms with Gasteiger partial charge in [0.25, 0.3) is 5.91 Å². The molecule has 1 aliphatic rings. The number of hydrogen-bond acceptors (Lipinski definition) is 4. The molecule has 2 rings (SSSR count). The Hall–Kier alpha value is -2.48. The molecule has 158 valence electrons. The smallest absolute Gasteiger partial charge is 0.263 e. The van der Waals surface area contributed by atoms with Gasteiger partial charge in [0.15, 0.2) is 0 Å². The summed E-state index contributed by atoms with van der Waals surface area (Å²) >= 11 is 0. The van der Waals surface area contributed by atoms with Crippen LogP contribution in [-0.2, 0) is 11.3 Å². The summed E-state index contributed by atoms with van der Waals surface area (Å²) in [5.74, 6) is 0.433. The number of nitrogens with zero attached hydrogens (tertiary/aromatic N) is 1. The topological polar surface area (TPSA) is 74.1 Å². The number of amides is 1. The van der Waals surface area contributed by atoms with Crippen LogP contribution >= 0.6 is 0 Å². The molecule has 0 radical (unpaired) electrons. The zero-order valence-electron chi connectivity index (χ0n) is 17.7. The lowest BCUT2D eigenvalue weighted by Crippen LogP contribution is -2.28. The van der Waals surface area contributed by atoms with Crippen molar-refractivity contribution in [2.24, 2.45) is 0 Å². The van der Waals surface area contributed by atoms with Crippen LogP contribution < -0.4 is 15.4 Å². The molecular formula is C24H35N3O2. The van der Waals surface area contributed by atoms with Crippen molar-refractivity contribution in [3.05, 3.63) is 41.6 Å². The average molecular weight is 398 g/mol. The third kappa shape index (κ3) is 9.04. The van der Waals surface area contributed by atoms with Crippen LogP contribution in [0.15, 0.2) is 36.0 Å². The summed E-state index contributed by atoms with van der Waals surface area (Å²) in [5.41, 5.74) is 1.09. The standard InChI is InChI=1S/C24H35N3O2/c1-29-23-15-13-20(14-16-23)18-27-24(28)21(17-25)19-26-22-11-9-7-5-3-2-4-6-8-10-12-22/h13-16,19,22,26H,2-12,18H2,1H3,(H,27,28)/b21-19-. The Balaban J connectivity index is 1.84. The Bertz CT molecular complexity index is 664. The van der Waals surface area contributed by atoms with Crippen molar-refractivity contribution < 1.29 is 9.53 Å². The molecule has 0 aliphatic heterocycles. The van der Waals surface area contributed by atoms with Crippen molar-refractivity contribution in [2.45, 2.75) is 83.2 Å². The van der Waals surface area contributed by atoms with Crippen molar-refractivity contribution in [1.29, 1.82) is 5.26 Å². The Kier molecular flexibility index (Phi) is 10.7. The van der Waals surface area contributed by atoms with Crippen LogP contribution in [0, 0.1) is 11.3 Å². The van der Waals surface area contributed by atoms with Gasteiger partial charge in [-0.05, 0) is 30.5 Å². The number of nitrogens with one attached hydrogen (secondary N) is 2. The fraction of sp³-hybridized carbons (Fsp3) is 0.583. The van der Waals surface area contributed by atoms with Gasteiger partial charge in [0, 0.05) is 18.8 Å². The lowest BCUT2D eigenvalue weighted by atomic mass is 9.98. The first-order chi connectivity index (χ1) is 14.2. The molecule has 0 bridgehead atoms. The van der Waals surface area contributed by atoms with Crippen molar-refractivity contribution >= 4 is 5.91 Å². The zero-order valence-corrected chi connectivity index (χ0v) is 17.7. The molecule has 1 saturated carbocycles. The first kappa shape index (κ1) is 22.8. The monoisotopic (exact) mass is 397 g/mol. The molecule has 0 saturated heterocycles. The third-order valence-electron chi connectivity index (χ3n) is 5.55. The molecule has 0 aromatic heterocycles. The summed E-state index contributed by atoms with van der Waals surface area (Å²) in [7, 11) is 1.62. The van der Waals surface area contributed by atoms with E-state index in [1.54, 1.807) is 13.3 Å². The van der Waals surface area contributed by atoms with E-state index in [0.29, 0.717) is 12.6 Å². The van der Waals surface area contributed by atoms with E-state index in [1.165, 1.54) is 57.8 Å². The second-order valence-electron chi connectivity index (χ2n) is 7.82. The maximum Gasteiger partial charge on any atom is 0.263 e. The number of ether oxygens (including phenoxy) is 1. The van der Waals surface area contributed by atoms with Gasteiger partial charge in [0.1, 0.15) is 17.4 Å². The Morgan fingerprint density at radius 3 is 2.10 bits per heavy atom. The van der Waals surface area contributed by atoms with Crippen molar-refractivity contribution in [1.82, 2.24) is 10.6 Å². The molecule has 1 amide bonds. The molecule has 0 atom stereocenters. The Morgan fingerprint density at radius 1 is 1.03 bits per heavy atom. The summed E-state index contributed by atoms with van der Waals surface area (Å²) < 4.78 is 5.14. The second-order valence-corrected chi connectivity index (χ2v) is 7.82. The quantitative estimate of drug-likeness (QED) is 0.524. The zero-order chi connectivity index (χ0) is 20.7. The molecule has 1 aromatic rings. The molecule has 1 aliphatic carbocycles. The number of nitriles is 1. The van der Waals surface area contributed by atoms with Crippen LogP contribution in [0.25, 0.3) is 0 Å². The van der Waals surface area contributed by atoms with Gasteiger partial charge in [0.2, 0.25) is 0 Å². The fourth-order valence-corrected chi connectivity index (χ4v) is 3.70. The Morgan fingerprint density at radius 2 is 1.59 bits per heavy atom. The highest BCUT2D eigenvalue weighted by molar-refractivity contribution is 5.97. The van der Waals surface area contributed by atoms with Gasteiger partial charge in [-0.3, -0.25) is 4.79 Å². The number of methoxy groups -OCH3 is 1. The second kappa shape index (κ2) is 13.7. The highest BCUT2D eigenvalue weighted by Gasteiger charge is 2.12. The summed E-state index contributed by atoms with van der Waals surface area (Å²) in [4.78, 5) is 12.4. The minimum atomic E-state index is -0.344. The van der Waals surface area contributed by atoms with E-state index in [4.69, 9.17) is 4.74 Å². The highest BCUT2D eigenvalue weighted by atomic mass is 16.5. The minimum absolute atomic E-state index is 0.129. The van der Waals surface area contributed by atoms with Gasteiger partial charge in [-0.25, -0.2) is 0 Å². The molecule has 0 spiro atoms. The third-order valence-corrected chi connectivity index (χ3v) is 5.55. The maximum absolute atomic E-state index is 12.4. The normalized spacial score (nSPS) is 17.3. The van der Waals surface area contributed by atoms with Crippen LogP contribution in [-0.4, -0.2) is 19.1 Å². The van der Waals surface area contributed by atoms with Gasteiger partial charge in [-0.15, -0.1) is 0 Å². The maximum atomic E-state index is 12.4. The predicted molar refractivity (Wildman–Crippen MR) is 116 cm³/mol. The Labute approximate surface area is 175 Å². The lowest BCUT2D eigenvalue weighted by molar-refractivity contribution is -0.117. The van der Waals surface area contributed by atoms with E-state index in [0.717, 1.165) is 24.2 Å². The molecule has 1 fully saturated rings. The van der Waals surface area contributed by atoms with E-state index in [2.05, 4.69) is 10.6 Å². The van der Waals surface area contributed by atoms with Crippen molar-refractivity contribution in [3.8, 4) is 11.8 Å². The SMILES string of the molecule is COc1ccc(CNC(=O)/C(C#N)=C\NC2CCCCCCCCCCC2)cc1. The van der Waals surface area contributed by atoms with Gasteiger partial charge < -0.3 is 15.4 Å². The molecule has 29 heavy (non-hydrogen) atoms. The van der Waals surface area contributed by atoms with Gasteiger partial charge in [0.05, 0.1) is 7.11 Å². The number of hydrogen-bond donors (Lipinski definition) is 2. The minimum Gasteiger partial charge on any atom is -0.497 e. The van der Waals surface area contributed by atoms with Gasteiger partial charge in [-0.1, -0.05) is 69.9 Å². The van der Waals surface area contributed by atoms with Crippen LogP contribution in [0.1, 0.15) is 76.2 Å². The van der Waals surface area contributed by atoms with Crippen LogP contribution in [0.2, 0.25) is 0 Å². The molecule has 5 nitrogen and oxygen atoms in total. The molecule has 0 unspecified atom stereocenters. The first-order valence-electron chi connectivity index (χ1n) is 11.0. The molecule has 5 heteroatoms. The number of carbonyl (C=O) groups excluding carboxylic acids is 1. The van der Waals surface area contributed by atoms with E-state index < -0.39 is 0 Å². The van der Waals surface area contributed by atoms with E-state index >= 15 is 0 Å². The number of carbonyl (C=O) groups is 1. The average Bonchev–Trinajstić information content (AvgIpc) is 2.74.